The summed E-state index contributed by atoms with van der Waals surface area (Å²) in [7, 11) is 3.31. The number of likely N-dealkylation sites (N-methyl/N-ethyl adjacent to an activating group) is 1. The van der Waals surface area contributed by atoms with Crippen LogP contribution in [-0.4, -0.2) is 44.1 Å². The number of nitrogens with zero attached hydrogens (tertiary/aromatic N) is 1. The lowest BCUT2D eigenvalue weighted by molar-refractivity contribution is 0.0715. The van der Waals surface area contributed by atoms with Gasteiger partial charge in [-0.25, -0.2) is 4.79 Å². The monoisotopic (exact) mass is 405 g/mol. The summed E-state index contributed by atoms with van der Waals surface area (Å²) in [5.74, 6) is 0.0320. The van der Waals surface area contributed by atoms with Gasteiger partial charge in [-0.2, -0.15) is 0 Å². The van der Waals surface area contributed by atoms with E-state index in [-0.39, 0.29) is 17.7 Å². The van der Waals surface area contributed by atoms with Gasteiger partial charge in [-0.1, -0.05) is 30.9 Å². The fourth-order valence-electron chi connectivity index (χ4n) is 4.31. The highest BCUT2D eigenvalue weighted by atomic mass is 35.5. The Balaban J connectivity index is 1.83. The van der Waals surface area contributed by atoms with E-state index in [4.69, 9.17) is 20.8 Å². The summed E-state index contributed by atoms with van der Waals surface area (Å²) in [6, 6.07) is 3.21. The molecule has 4 rings (SSSR count). The molecule has 1 spiro atoms. The fourth-order valence-corrected chi connectivity index (χ4v) is 4.57. The molecule has 2 aromatic rings. The zero-order valence-electron chi connectivity index (χ0n) is 16.1. The Morgan fingerprint density at radius 1 is 1.32 bits per heavy atom. The van der Waals surface area contributed by atoms with Crippen LogP contribution in [0.15, 0.2) is 16.5 Å². The molecule has 1 aromatic carbocycles. The topological polar surface area (TPSA) is 83.8 Å². The highest BCUT2D eigenvalue weighted by molar-refractivity contribution is 6.35. The van der Waals surface area contributed by atoms with Crippen molar-refractivity contribution in [1.29, 1.82) is 0 Å². The molecule has 2 aliphatic rings. The minimum Gasteiger partial charge on any atom is -0.450 e. The van der Waals surface area contributed by atoms with E-state index in [2.05, 4.69) is 10.6 Å². The van der Waals surface area contributed by atoms with Gasteiger partial charge in [0.15, 0.2) is 5.76 Å². The second-order valence-electron chi connectivity index (χ2n) is 7.58. The first-order chi connectivity index (χ1) is 13.4. The maximum absolute atomic E-state index is 12.8. The maximum Gasteiger partial charge on any atom is 0.319 e. The second-order valence-corrected chi connectivity index (χ2v) is 7.99. The predicted octanol–water partition coefficient (Wildman–Crippen LogP) is 4.10. The average Bonchev–Trinajstić information content (AvgIpc) is 3.09. The largest absolute Gasteiger partial charge is 0.450 e. The Labute approximate surface area is 168 Å². The van der Waals surface area contributed by atoms with Crippen LogP contribution in [-0.2, 0) is 10.3 Å². The molecule has 0 radical (unpaired) electrons. The molecule has 3 amide bonds. The highest BCUT2D eigenvalue weighted by Gasteiger charge is 2.43. The molecule has 1 aromatic heterocycles. The third-order valence-electron chi connectivity index (χ3n) is 5.72. The number of ether oxygens (including phenoxy) is 1. The lowest BCUT2D eigenvalue weighted by Gasteiger charge is -2.42. The lowest BCUT2D eigenvalue weighted by Crippen LogP contribution is -2.52. The van der Waals surface area contributed by atoms with Gasteiger partial charge < -0.3 is 24.7 Å². The number of anilines is 1. The van der Waals surface area contributed by atoms with E-state index in [1.165, 1.54) is 0 Å². The van der Waals surface area contributed by atoms with Crippen molar-refractivity contribution in [1.82, 2.24) is 10.2 Å². The van der Waals surface area contributed by atoms with Crippen molar-refractivity contribution in [2.75, 3.05) is 32.6 Å². The first-order valence-electron chi connectivity index (χ1n) is 9.55. The van der Waals surface area contributed by atoms with Crippen molar-refractivity contribution in [3.63, 3.8) is 0 Å². The Morgan fingerprint density at radius 3 is 2.79 bits per heavy atom. The molecule has 1 aliphatic heterocycles. The van der Waals surface area contributed by atoms with Gasteiger partial charge >= 0.3 is 6.03 Å². The molecule has 1 aliphatic carbocycles. The number of urea groups is 1. The maximum atomic E-state index is 12.8. The second kappa shape index (κ2) is 7.29. The SMILES string of the molecule is COCCN(C)C(=O)c1cc2cc(Cl)c3c(c2o1)C1(CCCCC1)NC(=O)N3. The van der Waals surface area contributed by atoms with Crippen molar-refractivity contribution in [2.45, 2.75) is 37.6 Å². The highest BCUT2D eigenvalue weighted by Crippen LogP contribution is 2.48. The molecule has 0 bridgehead atoms. The van der Waals surface area contributed by atoms with Crippen molar-refractivity contribution < 1.29 is 18.7 Å². The molecule has 28 heavy (non-hydrogen) atoms. The molecule has 150 valence electrons. The number of carbonyl (C=O) groups excluding carboxylic acids is 2. The Kier molecular flexibility index (Phi) is 4.97. The van der Waals surface area contributed by atoms with Gasteiger partial charge in [0.25, 0.3) is 5.91 Å². The minimum absolute atomic E-state index is 0.219. The Bertz CT molecular complexity index is 933. The lowest BCUT2D eigenvalue weighted by atomic mass is 9.74. The number of methoxy groups -OCH3 is 1. The molecule has 0 saturated heterocycles. The van der Waals surface area contributed by atoms with Gasteiger partial charge in [0.1, 0.15) is 5.58 Å². The first-order valence-corrected chi connectivity index (χ1v) is 9.93. The zero-order chi connectivity index (χ0) is 19.9. The van der Waals surface area contributed by atoms with Crippen LogP contribution in [0.1, 0.15) is 48.2 Å². The van der Waals surface area contributed by atoms with Crippen LogP contribution in [0.25, 0.3) is 11.0 Å². The summed E-state index contributed by atoms with van der Waals surface area (Å²) in [6.45, 7) is 0.912. The molecule has 8 heteroatoms. The summed E-state index contributed by atoms with van der Waals surface area (Å²) in [6.07, 6.45) is 4.80. The predicted molar refractivity (Wildman–Crippen MR) is 107 cm³/mol. The molecule has 0 atom stereocenters. The smallest absolute Gasteiger partial charge is 0.319 e. The normalized spacial score (nSPS) is 17.9. The number of rotatable bonds is 4. The quantitative estimate of drug-likeness (QED) is 0.802. The number of furan rings is 1. The van der Waals surface area contributed by atoms with Crippen LogP contribution in [0.3, 0.4) is 0 Å². The van der Waals surface area contributed by atoms with E-state index in [9.17, 15) is 9.59 Å². The van der Waals surface area contributed by atoms with Crippen molar-refractivity contribution in [3.8, 4) is 0 Å². The number of nitrogens with one attached hydrogen (secondary N) is 2. The van der Waals surface area contributed by atoms with E-state index in [1.807, 2.05) is 0 Å². The van der Waals surface area contributed by atoms with E-state index >= 15 is 0 Å². The Morgan fingerprint density at radius 2 is 2.07 bits per heavy atom. The van der Waals surface area contributed by atoms with Crippen LogP contribution in [0.2, 0.25) is 5.02 Å². The van der Waals surface area contributed by atoms with Crippen LogP contribution in [0, 0.1) is 0 Å². The summed E-state index contributed by atoms with van der Waals surface area (Å²) in [4.78, 5) is 26.6. The fraction of sp³-hybridized carbons (Fsp3) is 0.500. The van der Waals surface area contributed by atoms with Gasteiger partial charge in [0.05, 0.1) is 22.9 Å². The molecule has 2 N–H and O–H groups in total. The molecule has 7 nitrogen and oxygen atoms in total. The molecule has 1 fully saturated rings. The number of halogens is 1. The van der Waals surface area contributed by atoms with E-state index in [0.717, 1.165) is 43.1 Å². The standard InChI is InChI=1S/C20H24ClN3O4/c1-24(8-9-27-2)18(25)14-11-12-10-13(21)16-15(17(12)28-14)20(23-19(26)22-16)6-4-3-5-7-20/h10-11H,3-9H2,1-2H3,(H2,22,23,26). The van der Waals surface area contributed by atoms with Crippen molar-refractivity contribution in [2.24, 2.45) is 0 Å². The van der Waals surface area contributed by atoms with E-state index < -0.39 is 5.54 Å². The van der Waals surface area contributed by atoms with E-state index in [1.54, 1.807) is 31.2 Å². The van der Waals surface area contributed by atoms with Crippen molar-refractivity contribution >= 4 is 40.2 Å². The van der Waals surface area contributed by atoms with Crippen molar-refractivity contribution in [3.05, 3.63) is 28.5 Å². The number of hydrogen-bond donors (Lipinski definition) is 2. The third kappa shape index (κ3) is 3.12. The number of benzene rings is 1. The minimum atomic E-state index is -0.515. The molecular formula is C20H24ClN3O4. The van der Waals surface area contributed by atoms with Crippen LogP contribution in [0.5, 0.6) is 0 Å². The van der Waals surface area contributed by atoms with Crippen LogP contribution < -0.4 is 10.6 Å². The summed E-state index contributed by atoms with van der Waals surface area (Å²) in [5, 5.41) is 7.16. The van der Waals surface area contributed by atoms with Gasteiger partial charge in [-0.15, -0.1) is 0 Å². The van der Waals surface area contributed by atoms with Crippen LogP contribution in [0.4, 0.5) is 10.5 Å². The van der Waals surface area contributed by atoms with Gasteiger partial charge in [-0.05, 0) is 25.0 Å². The molecule has 0 unspecified atom stereocenters. The summed E-state index contributed by atoms with van der Waals surface area (Å²) in [5.41, 5.74) is 1.53. The van der Waals surface area contributed by atoms with Crippen LogP contribution >= 0.6 is 11.6 Å². The van der Waals surface area contributed by atoms with E-state index in [0.29, 0.717) is 29.4 Å². The molecule has 1 saturated carbocycles. The summed E-state index contributed by atoms with van der Waals surface area (Å²) < 4.78 is 11.1. The number of fused-ring (bicyclic) bond motifs is 4. The molecule has 2 heterocycles. The number of carbonyl (C=O) groups is 2. The first kappa shape index (κ1) is 19.1. The molecular weight excluding hydrogens is 382 g/mol. The Hall–Kier alpha value is -2.25. The third-order valence-corrected chi connectivity index (χ3v) is 6.02. The van der Waals surface area contributed by atoms with Gasteiger partial charge in [-0.3, -0.25) is 4.79 Å². The van der Waals surface area contributed by atoms with Gasteiger partial charge in [0, 0.05) is 31.7 Å². The number of hydrogen-bond acceptors (Lipinski definition) is 4. The van der Waals surface area contributed by atoms with Gasteiger partial charge in [0.2, 0.25) is 0 Å². The number of amides is 3. The average molecular weight is 406 g/mol. The zero-order valence-corrected chi connectivity index (χ0v) is 16.8. The summed E-state index contributed by atoms with van der Waals surface area (Å²) >= 11 is 6.51.